The van der Waals surface area contributed by atoms with Crippen LogP contribution in [0.4, 0.5) is 5.13 Å². The fraction of sp³-hybridized carbons (Fsp3) is 0.200. The first-order valence-corrected chi connectivity index (χ1v) is 10.2. The summed E-state index contributed by atoms with van der Waals surface area (Å²) in [4.78, 5) is 19.8. The molecule has 0 saturated carbocycles. The van der Waals surface area contributed by atoms with Crippen LogP contribution in [0.15, 0.2) is 48.5 Å². The van der Waals surface area contributed by atoms with Gasteiger partial charge in [0.15, 0.2) is 5.13 Å². The van der Waals surface area contributed by atoms with Gasteiger partial charge < -0.3 is 4.57 Å². The smallest absolute Gasteiger partial charge is 0.298 e. The summed E-state index contributed by atoms with van der Waals surface area (Å²) in [6.45, 7) is 1.17. The maximum absolute atomic E-state index is 13.5. The van der Waals surface area contributed by atoms with Crippen molar-refractivity contribution in [1.29, 1.82) is 0 Å². The van der Waals surface area contributed by atoms with Gasteiger partial charge >= 0.3 is 0 Å². The van der Waals surface area contributed by atoms with Crippen LogP contribution in [0, 0.1) is 0 Å². The number of amides is 1. The van der Waals surface area contributed by atoms with Gasteiger partial charge in [-0.3, -0.25) is 9.69 Å². The molecule has 0 atom stereocenters. The Hall–Kier alpha value is -2.77. The molecule has 0 unspecified atom stereocenters. The lowest BCUT2D eigenvalue weighted by Crippen LogP contribution is -2.32. The highest BCUT2D eigenvalue weighted by atomic mass is 35.5. The van der Waals surface area contributed by atoms with E-state index < -0.39 is 0 Å². The summed E-state index contributed by atoms with van der Waals surface area (Å²) in [5.41, 5.74) is 1.73. The highest BCUT2D eigenvalue weighted by Gasteiger charge is 2.29. The lowest BCUT2D eigenvalue weighted by molar-refractivity contribution is 0.0971. The summed E-state index contributed by atoms with van der Waals surface area (Å²) in [5, 5.41) is 9.54. The van der Waals surface area contributed by atoms with E-state index in [-0.39, 0.29) is 5.91 Å². The molecule has 2 aromatic heterocycles. The fourth-order valence-corrected chi connectivity index (χ4v) is 4.70. The van der Waals surface area contributed by atoms with Crippen LogP contribution in [0.3, 0.4) is 0 Å². The minimum atomic E-state index is -0.195. The minimum absolute atomic E-state index is 0.195. The van der Waals surface area contributed by atoms with Gasteiger partial charge in [0.05, 0.1) is 16.3 Å². The molecule has 0 saturated heterocycles. The summed E-state index contributed by atoms with van der Waals surface area (Å²) in [6.07, 6.45) is 1.84. The van der Waals surface area contributed by atoms with Crippen molar-refractivity contribution in [2.75, 3.05) is 4.90 Å². The SMILES string of the molecule is O=C(c1nnc2n1CCC2)N(Cc1ccccc1)c1nc2c(Cl)cccc2s1. The molecule has 0 fully saturated rings. The second-order valence-electron chi connectivity index (χ2n) is 6.65. The van der Waals surface area contributed by atoms with E-state index in [0.717, 1.165) is 35.5 Å². The number of hydrogen-bond donors (Lipinski definition) is 0. The number of carbonyl (C=O) groups excluding carboxylic acids is 1. The second-order valence-corrected chi connectivity index (χ2v) is 8.07. The Kier molecular flexibility index (Phi) is 4.33. The first-order valence-electron chi connectivity index (χ1n) is 9.03. The van der Waals surface area contributed by atoms with E-state index in [1.54, 1.807) is 4.90 Å². The van der Waals surface area contributed by atoms with Gasteiger partial charge in [-0.05, 0) is 24.1 Å². The molecule has 0 N–H and O–H groups in total. The van der Waals surface area contributed by atoms with Gasteiger partial charge in [0.25, 0.3) is 5.91 Å². The molecule has 3 heterocycles. The van der Waals surface area contributed by atoms with Crippen molar-refractivity contribution in [3.8, 4) is 0 Å². The van der Waals surface area contributed by atoms with Crippen molar-refractivity contribution in [1.82, 2.24) is 19.7 Å². The Morgan fingerprint density at radius 2 is 2.00 bits per heavy atom. The number of para-hydroxylation sites is 1. The van der Waals surface area contributed by atoms with Crippen LogP contribution in [0.25, 0.3) is 10.2 Å². The van der Waals surface area contributed by atoms with E-state index in [0.29, 0.717) is 28.0 Å². The molecule has 0 aliphatic carbocycles. The summed E-state index contributed by atoms with van der Waals surface area (Å²) >= 11 is 7.76. The standard InChI is InChI=1S/C20H16ClN5OS/c21-14-8-4-9-15-17(14)22-20(28-15)26(12-13-6-2-1-3-7-13)19(27)18-24-23-16-10-5-11-25(16)18/h1-4,6-9H,5,10-12H2. The number of aromatic nitrogens is 4. The zero-order valence-corrected chi connectivity index (χ0v) is 16.5. The van der Waals surface area contributed by atoms with Crippen molar-refractivity contribution in [3.05, 3.63) is 70.8 Å². The number of aryl methyl sites for hydroxylation is 1. The van der Waals surface area contributed by atoms with Gasteiger partial charge in [-0.15, -0.1) is 10.2 Å². The molecular formula is C20H16ClN5OS. The molecule has 0 bridgehead atoms. The third kappa shape index (κ3) is 2.96. The van der Waals surface area contributed by atoms with E-state index in [9.17, 15) is 4.79 Å². The molecular weight excluding hydrogens is 394 g/mol. The zero-order chi connectivity index (χ0) is 19.1. The number of hydrogen-bond acceptors (Lipinski definition) is 5. The monoisotopic (exact) mass is 409 g/mol. The van der Waals surface area contributed by atoms with E-state index in [1.165, 1.54) is 11.3 Å². The lowest BCUT2D eigenvalue weighted by atomic mass is 10.2. The number of carbonyl (C=O) groups is 1. The highest BCUT2D eigenvalue weighted by Crippen LogP contribution is 2.34. The van der Waals surface area contributed by atoms with Crippen LogP contribution in [-0.4, -0.2) is 25.7 Å². The molecule has 1 aliphatic rings. The fourth-order valence-electron chi connectivity index (χ4n) is 3.44. The van der Waals surface area contributed by atoms with Gasteiger partial charge in [-0.25, -0.2) is 4.98 Å². The molecule has 8 heteroatoms. The van der Waals surface area contributed by atoms with Crippen molar-refractivity contribution in [2.45, 2.75) is 25.9 Å². The Balaban J connectivity index is 1.59. The molecule has 1 aliphatic heterocycles. The van der Waals surface area contributed by atoms with Crippen LogP contribution in [0.2, 0.25) is 5.02 Å². The summed E-state index contributed by atoms with van der Waals surface area (Å²) < 4.78 is 2.86. The predicted molar refractivity (Wildman–Crippen MR) is 110 cm³/mol. The Bertz CT molecular complexity index is 1170. The average Bonchev–Trinajstić information content (AvgIpc) is 3.42. The molecule has 140 valence electrons. The molecule has 28 heavy (non-hydrogen) atoms. The van der Waals surface area contributed by atoms with Crippen molar-refractivity contribution in [2.24, 2.45) is 0 Å². The molecule has 6 nitrogen and oxygen atoms in total. The summed E-state index contributed by atoms with van der Waals surface area (Å²) in [5.74, 6) is 1.05. The number of thiazole rings is 1. The topological polar surface area (TPSA) is 63.9 Å². The maximum atomic E-state index is 13.5. The molecule has 5 rings (SSSR count). The largest absolute Gasteiger partial charge is 0.307 e. The summed E-state index contributed by atoms with van der Waals surface area (Å²) in [7, 11) is 0. The Morgan fingerprint density at radius 3 is 2.82 bits per heavy atom. The van der Waals surface area contributed by atoms with Crippen LogP contribution in [0.1, 0.15) is 28.4 Å². The second kappa shape index (κ2) is 7.00. The van der Waals surface area contributed by atoms with E-state index in [1.807, 2.05) is 53.1 Å². The minimum Gasteiger partial charge on any atom is -0.307 e. The quantitative estimate of drug-likeness (QED) is 0.503. The van der Waals surface area contributed by atoms with E-state index >= 15 is 0 Å². The number of benzene rings is 2. The molecule has 2 aromatic carbocycles. The number of nitrogens with zero attached hydrogens (tertiary/aromatic N) is 5. The maximum Gasteiger partial charge on any atom is 0.298 e. The predicted octanol–water partition coefficient (Wildman–Crippen LogP) is 4.33. The molecule has 1 amide bonds. The Labute approximate surface area is 170 Å². The highest BCUT2D eigenvalue weighted by molar-refractivity contribution is 7.22. The van der Waals surface area contributed by atoms with Gasteiger partial charge in [0, 0.05) is 13.0 Å². The number of anilines is 1. The normalized spacial score (nSPS) is 13.0. The van der Waals surface area contributed by atoms with Gasteiger partial charge in [-0.1, -0.05) is 59.3 Å². The Morgan fingerprint density at radius 1 is 1.14 bits per heavy atom. The van der Waals surface area contributed by atoms with Crippen molar-refractivity contribution >= 4 is 44.2 Å². The molecule has 0 spiro atoms. The summed E-state index contributed by atoms with van der Waals surface area (Å²) in [6, 6.07) is 15.5. The van der Waals surface area contributed by atoms with Gasteiger partial charge in [0.1, 0.15) is 11.3 Å². The average molecular weight is 410 g/mol. The van der Waals surface area contributed by atoms with Crippen LogP contribution < -0.4 is 4.90 Å². The first-order chi connectivity index (χ1) is 13.7. The van der Waals surface area contributed by atoms with Gasteiger partial charge in [-0.2, -0.15) is 0 Å². The van der Waals surface area contributed by atoms with Crippen LogP contribution in [-0.2, 0) is 19.5 Å². The molecule has 0 radical (unpaired) electrons. The van der Waals surface area contributed by atoms with E-state index in [2.05, 4.69) is 15.2 Å². The number of halogens is 1. The van der Waals surface area contributed by atoms with Gasteiger partial charge in [0.2, 0.25) is 5.82 Å². The van der Waals surface area contributed by atoms with Crippen molar-refractivity contribution in [3.63, 3.8) is 0 Å². The van der Waals surface area contributed by atoms with Crippen molar-refractivity contribution < 1.29 is 4.79 Å². The van der Waals surface area contributed by atoms with Crippen LogP contribution >= 0.6 is 22.9 Å². The van der Waals surface area contributed by atoms with Crippen LogP contribution in [0.5, 0.6) is 0 Å². The molecule has 4 aromatic rings. The van der Waals surface area contributed by atoms with E-state index in [4.69, 9.17) is 11.6 Å². The third-order valence-corrected chi connectivity index (χ3v) is 6.17. The lowest BCUT2D eigenvalue weighted by Gasteiger charge is -2.19. The zero-order valence-electron chi connectivity index (χ0n) is 14.9. The first kappa shape index (κ1) is 17.3. The third-order valence-electron chi connectivity index (χ3n) is 4.82. The number of rotatable bonds is 4. The number of fused-ring (bicyclic) bond motifs is 2.